The Morgan fingerprint density at radius 1 is 1.14 bits per heavy atom. The van der Waals surface area contributed by atoms with Crippen molar-refractivity contribution < 1.29 is 4.79 Å². The van der Waals surface area contributed by atoms with E-state index in [9.17, 15) is 9.59 Å². The van der Waals surface area contributed by atoms with Gasteiger partial charge in [0.05, 0.1) is 5.69 Å². The first-order valence-electron chi connectivity index (χ1n) is 10.9. The molecule has 28 heavy (non-hydrogen) atoms. The Morgan fingerprint density at radius 3 is 2.61 bits per heavy atom. The molecule has 2 saturated heterocycles. The van der Waals surface area contributed by atoms with Gasteiger partial charge in [0.15, 0.2) is 0 Å². The lowest BCUT2D eigenvalue weighted by molar-refractivity contribution is -0.137. The number of carbonyl (C=O) groups excluding carboxylic acids is 1. The van der Waals surface area contributed by atoms with Crippen molar-refractivity contribution in [3.05, 3.63) is 27.4 Å². The molecule has 2 aliphatic heterocycles. The zero-order valence-electron chi connectivity index (χ0n) is 17.6. The lowest BCUT2D eigenvalue weighted by Crippen LogP contribution is -2.47. The van der Waals surface area contributed by atoms with Gasteiger partial charge in [0, 0.05) is 35.4 Å². The van der Waals surface area contributed by atoms with Crippen LogP contribution in [0.3, 0.4) is 0 Å². The number of carbonyl (C=O) groups is 1. The molecule has 1 aromatic rings. The van der Waals surface area contributed by atoms with Gasteiger partial charge in [0.1, 0.15) is 5.82 Å². The Balaban J connectivity index is 1.52. The topological polar surface area (TPSA) is 78.1 Å². The first kappa shape index (κ1) is 19.6. The number of nitrogens with one attached hydrogen (secondary N) is 2. The monoisotopic (exact) mass is 386 g/mol. The highest BCUT2D eigenvalue weighted by molar-refractivity contribution is 5.79. The third kappa shape index (κ3) is 3.51. The van der Waals surface area contributed by atoms with Crippen LogP contribution in [0.5, 0.6) is 0 Å². The molecule has 1 unspecified atom stereocenters. The molecule has 1 atom stereocenters. The van der Waals surface area contributed by atoms with Gasteiger partial charge >= 0.3 is 0 Å². The Bertz CT molecular complexity index is 792. The molecule has 2 N–H and O–H groups in total. The summed E-state index contributed by atoms with van der Waals surface area (Å²) in [6.45, 7) is 9.82. The van der Waals surface area contributed by atoms with Crippen molar-refractivity contribution in [2.75, 3.05) is 26.2 Å². The molecule has 1 spiro atoms. The van der Waals surface area contributed by atoms with E-state index < -0.39 is 0 Å². The highest BCUT2D eigenvalue weighted by atomic mass is 16.2. The van der Waals surface area contributed by atoms with Crippen LogP contribution in [0, 0.1) is 5.92 Å². The van der Waals surface area contributed by atoms with E-state index in [1.54, 1.807) is 0 Å². The molecule has 4 rings (SSSR count). The van der Waals surface area contributed by atoms with Gasteiger partial charge in [-0.2, -0.15) is 0 Å². The van der Waals surface area contributed by atoms with Crippen molar-refractivity contribution in [1.29, 1.82) is 0 Å². The molecule has 6 heteroatoms. The predicted molar refractivity (Wildman–Crippen MR) is 110 cm³/mol. The van der Waals surface area contributed by atoms with Crippen molar-refractivity contribution in [3.63, 3.8) is 0 Å². The van der Waals surface area contributed by atoms with Crippen LogP contribution in [-0.4, -0.2) is 47.0 Å². The number of hydrogen-bond donors (Lipinski definition) is 2. The fraction of sp³-hybridized carbons (Fsp3) is 0.773. The minimum absolute atomic E-state index is 0.0224. The quantitative estimate of drug-likeness (QED) is 0.776. The fourth-order valence-corrected chi connectivity index (χ4v) is 5.17. The van der Waals surface area contributed by atoms with Gasteiger partial charge in [-0.1, -0.05) is 20.8 Å². The summed E-state index contributed by atoms with van der Waals surface area (Å²) in [5, 5.41) is 3.40. The van der Waals surface area contributed by atoms with Gasteiger partial charge in [-0.25, -0.2) is 4.98 Å². The highest BCUT2D eigenvalue weighted by Gasteiger charge is 2.45. The van der Waals surface area contributed by atoms with Crippen molar-refractivity contribution in [1.82, 2.24) is 20.2 Å². The third-order valence-electron chi connectivity index (χ3n) is 7.04. The SMILES string of the molecule is CC(C)(C)c1nc2c(c(=O)[nH]1)CCC21CCN(C(=O)C2CCCNCC2)CC1. The Kier molecular flexibility index (Phi) is 5.10. The van der Waals surface area contributed by atoms with Crippen LogP contribution in [-0.2, 0) is 22.0 Å². The van der Waals surface area contributed by atoms with Crippen molar-refractivity contribution in [3.8, 4) is 0 Å². The molecule has 0 radical (unpaired) electrons. The molecule has 1 amide bonds. The number of amides is 1. The normalized spacial score (nSPS) is 24.8. The van der Waals surface area contributed by atoms with E-state index in [0.29, 0.717) is 5.91 Å². The Morgan fingerprint density at radius 2 is 1.89 bits per heavy atom. The first-order chi connectivity index (χ1) is 13.3. The number of rotatable bonds is 1. The van der Waals surface area contributed by atoms with E-state index in [0.717, 1.165) is 88.2 Å². The smallest absolute Gasteiger partial charge is 0.254 e. The van der Waals surface area contributed by atoms with Gasteiger partial charge in [-0.15, -0.1) is 0 Å². The first-order valence-corrected chi connectivity index (χ1v) is 10.9. The second kappa shape index (κ2) is 7.29. The molecular formula is C22H34N4O2. The van der Waals surface area contributed by atoms with E-state index in [1.165, 1.54) is 0 Å². The van der Waals surface area contributed by atoms with E-state index >= 15 is 0 Å². The molecule has 1 aromatic heterocycles. The fourth-order valence-electron chi connectivity index (χ4n) is 5.17. The molecule has 0 aromatic carbocycles. The maximum atomic E-state index is 13.0. The second-order valence-electron chi connectivity index (χ2n) is 9.98. The number of H-pyrrole nitrogens is 1. The van der Waals surface area contributed by atoms with E-state index in [1.807, 2.05) is 0 Å². The summed E-state index contributed by atoms with van der Waals surface area (Å²) in [7, 11) is 0. The zero-order valence-corrected chi connectivity index (χ0v) is 17.6. The van der Waals surface area contributed by atoms with Crippen LogP contribution < -0.4 is 10.9 Å². The second-order valence-corrected chi connectivity index (χ2v) is 9.98. The average molecular weight is 387 g/mol. The third-order valence-corrected chi connectivity index (χ3v) is 7.04. The number of hydrogen-bond acceptors (Lipinski definition) is 4. The molecule has 2 fully saturated rings. The lowest BCUT2D eigenvalue weighted by Gasteiger charge is -2.40. The maximum absolute atomic E-state index is 13.0. The van der Waals surface area contributed by atoms with Gasteiger partial charge in [-0.3, -0.25) is 9.59 Å². The zero-order chi connectivity index (χ0) is 19.9. The van der Waals surface area contributed by atoms with Crippen LogP contribution >= 0.6 is 0 Å². The summed E-state index contributed by atoms with van der Waals surface area (Å²) in [5.74, 6) is 1.29. The standard InChI is InChI=1S/C22H34N4O2/c1-21(2,3)20-24-17-16(18(27)25-20)6-8-22(17)9-13-26(14-10-22)19(28)15-5-4-11-23-12-7-15/h15,23H,4-14H2,1-3H3,(H,24,25,27). The highest BCUT2D eigenvalue weighted by Crippen LogP contribution is 2.44. The summed E-state index contributed by atoms with van der Waals surface area (Å²) < 4.78 is 0. The van der Waals surface area contributed by atoms with Gasteiger partial charge in [0.2, 0.25) is 5.91 Å². The summed E-state index contributed by atoms with van der Waals surface area (Å²) in [6.07, 6.45) is 6.69. The molecule has 0 saturated carbocycles. The molecule has 1 aliphatic carbocycles. The molecule has 3 heterocycles. The van der Waals surface area contributed by atoms with Crippen LogP contribution in [0.2, 0.25) is 0 Å². The van der Waals surface area contributed by atoms with Gasteiger partial charge in [-0.05, 0) is 58.0 Å². The molecular weight excluding hydrogens is 352 g/mol. The number of likely N-dealkylation sites (tertiary alicyclic amines) is 1. The van der Waals surface area contributed by atoms with Crippen molar-refractivity contribution in [2.24, 2.45) is 5.92 Å². The van der Waals surface area contributed by atoms with Crippen LogP contribution in [0.25, 0.3) is 0 Å². The summed E-state index contributed by atoms with van der Waals surface area (Å²) >= 11 is 0. The van der Waals surface area contributed by atoms with E-state index in [-0.39, 0.29) is 22.3 Å². The van der Waals surface area contributed by atoms with Crippen molar-refractivity contribution in [2.45, 2.75) is 76.5 Å². The number of fused-ring (bicyclic) bond motifs is 2. The van der Waals surface area contributed by atoms with Gasteiger partial charge in [0.25, 0.3) is 5.56 Å². The minimum atomic E-state index is -0.178. The van der Waals surface area contributed by atoms with Crippen molar-refractivity contribution >= 4 is 5.91 Å². The van der Waals surface area contributed by atoms with E-state index in [4.69, 9.17) is 4.98 Å². The number of aromatic nitrogens is 2. The summed E-state index contributed by atoms with van der Waals surface area (Å²) in [5.41, 5.74) is 1.74. The Hall–Kier alpha value is -1.69. The minimum Gasteiger partial charge on any atom is -0.342 e. The van der Waals surface area contributed by atoms with Crippen LogP contribution in [0.4, 0.5) is 0 Å². The van der Waals surface area contributed by atoms with Crippen LogP contribution in [0.15, 0.2) is 4.79 Å². The number of piperidine rings is 1. The largest absolute Gasteiger partial charge is 0.342 e. The molecule has 154 valence electrons. The Labute approximate surface area is 167 Å². The number of aromatic amines is 1. The average Bonchev–Trinajstić information content (AvgIpc) is 2.84. The summed E-state index contributed by atoms with van der Waals surface area (Å²) in [4.78, 5) is 35.7. The summed E-state index contributed by atoms with van der Waals surface area (Å²) in [6, 6.07) is 0. The lowest BCUT2D eigenvalue weighted by atomic mass is 9.75. The molecule has 3 aliphatic rings. The molecule has 0 bridgehead atoms. The van der Waals surface area contributed by atoms with E-state index in [2.05, 4.69) is 36.0 Å². The predicted octanol–water partition coefficient (Wildman–Crippen LogP) is 2.26. The molecule has 6 nitrogen and oxygen atoms in total. The van der Waals surface area contributed by atoms with Crippen LogP contribution in [0.1, 0.15) is 76.4 Å². The number of nitrogens with zero attached hydrogens (tertiary/aromatic N) is 2. The van der Waals surface area contributed by atoms with Gasteiger partial charge < -0.3 is 15.2 Å². The maximum Gasteiger partial charge on any atom is 0.254 e.